The van der Waals surface area contributed by atoms with Gasteiger partial charge in [0.15, 0.2) is 5.11 Å². The standard InChI is InChI=1S/C22H29N3O2S/c1-7-24-19(26)17(20(27)25(8-2)21(24)28)12-15-9-10-18-16(11-15)14(3)13-22(4,5)23(18)6/h9-12,14H,7-8,13H2,1-6H3. The quantitative estimate of drug-likeness (QED) is 0.441. The minimum Gasteiger partial charge on any atom is -0.369 e. The van der Waals surface area contributed by atoms with Crippen molar-refractivity contribution in [2.24, 2.45) is 0 Å². The Morgan fingerprint density at radius 3 is 2.25 bits per heavy atom. The fourth-order valence-corrected chi connectivity index (χ4v) is 4.66. The van der Waals surface area contributed by atoms with Gasteiger partial charge in [-0.2, -0.15) is 0 Å². The molecule has 1 saturated heterocycles. The maximum absolute atomic E-state index is 12.8. The fraction of sp³-hybridized carbons (Fsp3) is 0.500. The number of likely N-dealkylation sites (N-methyl/N-ethyl adjacent to an activating group) is 2. The Morgan fingerprint density at radius 2 is 1.71 bits per heavy atom. The zero-order chi connectivity index (χ0) is 20.8. The van der Waals surface area contributed by atoms with Crippen LogP contribution in [0.4, 0.5) is 5.69 Å². The Labute approximate surface area is 173 Å². The van der Waals surface area contributed by atoms with Crippen LogP contribution in [0.2, 0.25) is 0 Å². The number of fused-ring (bicyclic) bond motifs is 1. The third-order valence-electron chi connectivity index (χ3n) is 6.01. The minimum atomic E-state index is -0.314. The van der Waals surface area contributed by atoms with Gasteiger partial charge in [0.05, 0.1) is 0 Å². The summed E-state index contributed by atoms with van der Waals surface area (Å²) in [5, 5.41) is 0.292. The molecule has 1 fully saturated rings. The first-order valence-corrected chi connectivity index (χ1v) is 10.3. The molecular formula is C22H29N3O2S. The molecule has 0 saturated carbocycles. The largest absolute Gasteiger partial charge is 0.369 e. The van der Waals surface area contributed by atoms with Crippen molar-refractivity contribution in [1.29, 1.82) is 0 Å². The monoisotopic (exact) mass is 399 g/mol. The molecule has 3 rings (SSSR count). The molecular weight excluding hydrogens is 370 g/mol. The van der Waals surface area contributed by atoms with Crippen LogP contribution >= 0.6 is 12.2 Å². The first-order chi connectivity index (χ1) is 13.1. The van der Waals surface area contributed by atoms with Crippen LogP contribution in [-0.2, 0) is 9.59 Å². The molecule has 0 aliphatic carbocycles. The van der Waals surface area contributed by atoms with E-state index in [1.807, 2.05) is 19.9 Å². The van der Waals surface area contributed by atoms with E-state index in [2.05, 4.69) is 44.9 Å². The van der Waals surface area contributed by atoms with Gasteiger partial charge in [0.25, 0.3) is 11.8 Å². The summed E-state index contributed by atoms with van der Waals surface area (Å²) in [7, 11) is 2.12. The number of carbonyl (C=O) groups excluding carboxylic acids is 2. The molecule has 1 aromatic rings. The first kappa shape index (κ1) is 20.5. The van der Waals surface area contributed by atoms with Crippen LogP contribution in [0.3, 0.4) is 0 Å². The fourth-order valence-electron chi connectivity index (χ4n) is 4.23. The van der Waals surface area contributed by atoms with Crippen molar-refractivity contribution in [1.82, 2.24) is 9.80 Å². The van der Waals surface area contributed by atoms with Crippen LogP contribution in [0.5, 0.6) is 0 Å². The molecule has 1 unspecified atom stereocenters. The number of anilines is 1. The molecule has 2 amide bonds. The summed E-state index contributed by atoms with van der Waals surface area (Å²) in [6, 6.07) is 6.19. The van der Waals surface area contributed by atoms with Crippen LogP contribution in [0.15, 0.2) is 23.8 Å². The lowest BCUT2D eigenvalue weighted by Crippen LogP contribution is -2.55. The molecule has 0 bridgehead atoms. The first-order valence-electron chi connectivity index (χ1n) is 9.89. The second kappa shape index (κ2) is 7.32. The lowest BCUT2D eigenvalue weighted by Gasteiger charge is -2.45. The molecule has 6 heteroatoms. The maximum Gasteiger partial charge on any atom is 0.265 e. The third-order valence-corrected chi connectivity index (χ3v) is 6.45. The van der Waals surface area contributed by atoms with Gasteiger partial charge >= 0.3 is 0 Å². The Kier molecular flexibility index (Phi) is 5.36. The Hall–Kier alpha value is -2.21. The summed E-state index contributed by atoms with van der Waals surface area (Å²) >= 11 is 5.33. The smallest absolute Gasteiger partial charge is 0.265 e. The van der Waals surface area contributed by atoms with Crippen molar-refractivity contribution in [3.05, 3.63) is 34.9 Å². The SMILES string of the molecule is CCN1C(=O)C(=Cc2ccc3c(c2)C(C)CC(C)(C)N3C)C(=O)N(CC)C1=S. The Bertz CT molecular complexity index is 847. The third kappa shape index (κ3) is 3.24. The lowest BCUT2D eigenvalue weighted by molar-refractivity contribution is -0.133. The van der Waals surface area contributed by atoms with Crippen molar-refractivity contribution >= 4 is 40.9 Å². The molecule has 2 heterocycles. The summed E-state index contributed by atoms with van der Waals surface area (Å²) in [6.45, 7) is 11.4. The van der Waals surface area contributed by atoms with Gasteiger partial charge in [-0.05, 0) is 81.6 Å². The van der Waals surface area contributed by atoms with Crippen LogP contribution in [0.25, 0.3) is 6.08 Å². The minimum absolute atomic E-state index is 0.0979. The number of amides is 2. The number of nitrogens with zero attached hydrogens (tertiary/aromatic N) is 3. The van der Waals surface area contributed by atoms with Gasteiger partial charge in [-0.25, -0.2) is 0 Å². The van der Waals surface area contributed by atoms with Crippen molar-refractivity contribution in [2.75, 3.05) is 25.0 Å². The second-order valence-corrected chi connectivity index (χ2v) is 8.60. The van der Waals surface area contributed by atoms with Gasteiger partial charge < -0.3 is 4.90 Å². The predicted octanol–water partition coefficient (Wildman–Crippen LogP) is 3.79. The highest BCUT2D eigenvalue weighted by molar-refractivity contribution is 7.80. The Balaban J connectivity index is 2.04. The molecule has 0 radical (unpaired) electrons. The maximum atomic E-state index is 12.8. The normalized spacial score (nSPS) is 21.9. The second-order valence-electron chi connectivity index (χ2n) is 8.23. The average molecular weight is 400 g/mol. The van der Waals surface area contributed by atoms with E-state index in [-0.39, 0.29) is 22.9 Å². The molecule has 5 nitrogen and oxygen atoms in total. The number of carbonyl (C=O) groups is 2. The van der Waals surface area contributed by atoms with Crippen LogP contribution in [0, 0.1) is 0 Å². The summed E-state index contributed by atoms with van der Waals surface area (Å²) in [4.78, 5) is 31.0. The molecule has 1 atom stereocenters. The predicted molar refractivity (Wildman–Crippen MR) is 117 cm³/mol. The molecule has 28 heavy (non-hydrogen) atoms. The van der Waals surface area contributed by atoms with E-state index >= 15 is 0 Å². The van der Waals surface area contributed by atoms with Gasteiger partial charge in [-0.1, -0.05) is 13.0 Å². The summed E-state index contributed by atoms with van der Waals surface area (Å²) in [6.07, 6.45) is 2.76. The van der Waals surface area contributed by atoms with E-state index in [1.54, 1.807) is 6.08 Å². The Morgan fingerprint density at radius 1 is 1.14 bits per heavy atom. The van der Waals surface area contributed by atoms with Gasteiger partial charge in [0, 0.05) is 31.4 Å². The molecule has 2 aliphatic heterocycles. The summed E-state index contributed by atoms with van der Waals surface area (Å²) < 4.78 is 0. The molecule has 0 aromatic heterocycles. The van der Waals surface area contributed by atoms with Crippen LogP contribution < -0.4 is 4.90 Å². The summed E-state index contributed by atoms with van der Waals surface area (Å²) in [5.74, 6) is -0.221. The van der Waals surface area contributed by atoms with E-state index in [1.165, 1.54) is 21.1 Å². The molecule has 150 valence electrons. The van der Waals surface area contributed by atoms with Crippen molar-refractivity contribution < 1.29 is 9.59 Å². The number of benzene rings is 1. The number of hydrogen-bond donors (Lipinski definition) is 0. The number of rotatable bonds is 3. The van der Waals surface area contributed by atoms with Gasteiger partial charge in [-0.3, -0.25) is 19.4 Å². The topological polar surface area (TPSA) is 43.9 Å². The highest BCUT2D eigenvalue weighted by Crippen LogP contribution is 2.42. The molecule has 1 aromatic carbocycles. The molecule has 0 N–H and O–H groups in total. The van der Waals surface area contributed by atoms with Crippen LogP contribution in [-0.4, -0.2) is 52.4 Å². The van der Waals surface area contributed by atoms with Crippen LogP contribution in [0.1, 0.15) is 58.1 Å². The van der Waals surface area contributed by atoms with E-state index < -0.39 is 0 Å². The number of thiocarbonyl (C=S) groups is 1. The lowest BCUT2D eigenvalue weighted by atomic mass is 9.80. The highest BCUT2D eigenvalue weighted by atomic mass is 32.1. The van der Waals surface area contributed by atoms with Crippen molar-refractivity contribution in [3.63, 3.8) is 0 Å². The van der Waals surface area contributed by atoms with Gasteiger partial charge in [0.2, 0.25) is 0 Å². The zero-order valence-electron chi connectivity index (χ0n) is 17.6. The van der Waals surface area contributed by atoms with E-state index in [0.717, 1.165) is 12.0 Å². The van der Waals surface area contributed by atoms with Gasteiger partial charge in [0.1, 0.15) is 5.57 Å². The molecule has 2 aliphatic rings. The van der Waals surface area contributed by atoms with E-state index in [9.17, 15) is 9.59 Å². The number of hydrogen-bond acceptors (Lipinski definition) is 4. The van der Waals surface area contributed by atoms with E-state index in [0.29, 0.717) is 24.1 Å². The summed E-state index contributed by atoms with van der Waals surface area (Å²) in [5.41, 5.74) is 3.60. The zero-order valence-corrected chi connectivity index (χ0v) is 18.4. The van der Waals surface area contributed by atoms with Crippen molar-refractivity contribution in [3.8, 4) is 0 Å². The average Bonchev–Trinajstić information content (AvgIpc) is 2.64. The van der Waals surface area contributed by atoms with E-state index in [4.69, 9.17) is 12.2 Å². The van der Waals surface area contributed by atoms with Gasteiger partial charge in [-0.15, -0.1) is 0 Å². The highest BCUT2D eigenvalue weighted by Gasteiger charge is 2.38. The van der Waals surface area contributed by atoms with Crippen molar-refractivity contribution in [2.45, 2.75) is 52.5 Å². The molecule has 0 spiro atoms.